The number of hydrogen-bond donors (Lipinski definition) is 0. The van der Waals surface area contributed by atoms with Crippen LogP contribution in [0.15, 0.2) is 29.3 Å². The molecular weight excluding hydrogens is 533 g/mol. The second-order valence-corrected chi connectivity index (χ2v) is 12.6. The average molecular weight is 567 g/mol. The van der Waals surface area contributed by atoms with Crippen molar-refractivity contribution in [1.29, 1.82) is 5.26 Å². The van der Waals surface area contributed by atoms with Gasteiger partial charge in [0, 0.05) is 37.3 Å². The SMILES string of the molecule is CC1=C(CCCCCCCN2CCN(S(=O)(=O)C3CC3)CC2)C(=O)N(c2ccc(C#N)c(C(F)(F)F)c2)C1=O. The summed E-state index contributed by atoms with van der Waals surface area (Å²) in [5.74, 6) is -1.25. The number of nitriles is 1. The third-order valence-corrected chi connectivity index (χ3v) is 10.1. The van der Waals surface area contributed by atoms with Gasteiger partial charge in [-0.3, -0.25) is 9.59 Å². The first kappa shape index (κ1) is 29.2. The number of anilines is 1. The van der Waals surface area contributed by atoms with Gasteiger partial charge in [-0.25, -0.2) is 13.3 Å². The van der Waals surface area contributed by atoms with Gasteiger partial charge in [0.2, 0.25) is 10.0 Å². The second kappa shape index (κ2) is 11.8. The normalized spacial score (nSPS) is 19.7. The molecule has 1 aliphatic carbocycles. The van der Waals surface area contributed by atoms with E-state index in [1.54, 1.807) is 4.31 Å². The van der Waals surface area contributed by atoms with E-state index in [4.69, 9.17) is 5.26 Å². The highest BCUT2D eigenvalue weighted by Crippen LogP contribution is 2.37. The van der Waals surface area contributed by atoms with E-state index in [1.165, 1.54) is 19.1 Å². The zero-order chi connectivity index (χ0) is 28.4. The monoisotopic (exact) mass is 566 g/mol. The summed E-state index contributed by atoms with van der Waals surface area (Å²) >= 11 is 0. The quantitative estimate of drug-likeness (QED) is 0.294. The molecule has 1 aromatic rings. The van der Waals surface area contributed by atoms with Crippen LogP contribution in [-0.2, 0) is 25.8 Å². The highest BCUT2D eigenvalue weighted by molar-refractivity contribution is 7.90. The fourth-order valence-corrected chi connectivity index (χ4v) is 6.99. The zero-order valence-electron chi connectivity index (χ0n) is 22.0. The Morgan fingerprint density at radius 3 is 2.23 bits per heavy atom. The highest BCUT2D eigenvalue weighted by atomic mass is 32.2. The van der Waals surface area contributed by atoms with Gasteiger partial charge in [-0.2, -0.15) is 22.7 Å². The lowest BCUT2D eigenvalue weighted by atomic mass is 10.0. The second-order valence-electron chi connectivity index (χ2n) is 10.4. The van der Waals surface area contributed by atoms with Crippen molar-refractivity contribution in [2.24, 2.45) is 0 Å². The molecule has 2 aliphatic heterocycles. The molecule has 0 spiro atoms. The topological polar surface area (TPSA) is 102 Å². The molecule has 12 heteroatoms. The number of piperazine rings is 1. The van der Waals surface area contributed by atoms with Crippen molar-refractivity contribution in [3.63, 3.8) is 0 Å². The minimum Gasteiger partial charge on any atom is -0.301 e. The molecule has 1 saturated heterocycles. The van der Waals surface area contributed by atoms with Crippen LogP contribution >= 0.6 is 0 Å². The van der Waals surface area contributed by atoms with Crippen LogP contribution in [0.25, 0.3) is 0 Å². The van der Waals surface area contributed by atoms with E-state index in [9.17, 15) is 31.2 Å². The standard InChI is InChI=1S/C27H33F3N4O4S/c1-19-23(26(36)34(25(19)35)21-9-8-20(18-31)24(17-21)27(28,29)30)7-5-3-2-4-6-12-32-13-15-33(16-14-32)39(37,38)22-10-11-22/h8-9,17,22H,2-7,10-16H2,1H3. The molecule has 2 fully saturated rings. The van der Waals surface area contributed by atoms with Gasteiger partial charge in [0.25, 0.3) is 11.8 Å². The number of benzene rings is 1. The van der Waals surface area contributed by atoms with Gasteiger partial charge in [0.15, 0.2) is 0 Å². The summed E-state index contributed by atoms with van der Waals surface area (Å²) in [6.07, 6.45) is 1.59. The number of amides is 2. The molecule has 0 N–H and O–H groups in total. The number of rotatable bonds is 11. The Labute approximate surface area is 227 Å². The van der Waals surface area contributed by atoms with Crippen molar-refractivity contribution in [2.75, 3.05) is 37.6 Å². The first-order valence-electron chi connectivity index (χ1n) is 13.4. The van der Waals surface area contributed by atoms with Crippen LogP contribution in [0, 0.1) is 11.3 Å². The number of unbranched alkanes of at least 4 members (excludes halogenated alkanes) is 4. The van der Waals surface area contributed by atoms with Crippen molar-refractivity contribution >= 4 is 27.5 Å². The minimum absolute atomic E-state index is 0.164. The summed E-state index contributed by atoms with van der Waals surface area (Å²) in [4.78, 5) is 28.8. The van der Waals surface area contributed by atoms with Crippen LogP contribution in [-0.4, -0.2) is 67.4 Å². The first-order chi connectivity index (χ1) is 18.4. The molecule has 212 valence electrons. The van der Waals surface area contributed by atoms with Crippen molar-refractivity contribution < 1.29 is 31.2 Å². The van der Waals surface area contributed by atoms with E-state index < -0.39 is 39.1 Å². The molecule has 1 saturated carbocycles. The number of imide groups is 1. The zero-order valence-corrected chi connectivity index (χ0v) is 22.8. The minimum atomic E-state index is -4.79. The van der Waals surface area contributed by atoms with Gasteiger partial charge in [0.1, 0.15) is 0 Å². The summed E-state index contributed by atoms with van der Waals surface area (Å²) in [5, 5.41) is 8.83. The molecule has 0 aromatic heterocycles. The molecule has 0 unspecified atom stereocenters. The van der Waals surface area contributed by atoms with Crippen LogP contribution < -0.4 is 4.90 Å². The number of halogens is 3. The summed E-state index contributed by atoms with van der Waals surface area (Å²) < 4.78 is 66.4. The Morgan fingerprint density at radius 1 is 0.974 bits per heavy atom. The smallest absolute Gasteiger partial charge is 0.301 e. The Bertz CT molecular complexity index is 1290. The maximum Gasteiger partial charge on any atom is 0.417 e. The largest absolute Gasteiger partial charge is 0.417 e. The van der Waals surface area contributed by atoms with Gasteiger partial charge in [0.05, 0.1) is 28.1 Å². The lowest BCUT2D eigenvalue weighted by Crippen LogP contribution is -2.49. The molecule has 39 heavy (non-hydrogen) atoms. The van der Waals surface area contributed by atoms with E-state index in [2.05, 4.69) is 4.90 Å². The lowest BCUT2D eigenvalue weighted by Gasteiger charge is -2.34. The first-order valence-corrected chi connectivity index (χ1v) is 14.9. The van der Waals surface area contributed by atoms with Crippen molar-refractivity contribution in [1.82, 2.24) is 9.21 Å². The van der Waals surface area contributed by atoms with Crippen LogP contribution in [0.3, 0.4) is 0 Å². The van der Waals surface area contributed by atoms with Crippen molar-refractivity contribution in [2.45, 2.75) is 69.7 Å². The van der Waals surface area contributed by atoms with E-state index in [0.717, 1.165) is 69.1 Å². The third kappa shape index (κ3) is 6.53. The molecular formula is C27H33F3N4O4S. The fraction of sp³-hybridized carbons (Fsp3) is 0.593. The van der Waals surface area contributed by atoms with Gasteiger partial charge < -0.3 is 4.90 Å². The number of sulfonamides is 1. The molecule has 0 bridgehead atoms. The number of carbonyl (C=O) groups is 2. The maximum atomic E-state index is 13.4. The van der Waals surface area contributed by atoms with Gasteiger partial charge in [-0.05, 0) is 63.8 Å². The molecule has 0 atom stereocenters. The predicted octanol–water partition coefficient (Wildman–Crippen LogP) is 4.22. The highest BCUT2D eigenvalue weighted by Gasteiger charge is 2.41. The van der Waals surface area contributed by atoms with Crippen molar-refractivity contribution in [3.8, 4) is 6.07 Å². The molecule has 2 heterocycles. The molecule has 4 rings (SSSR count). The molecule has 8 nitrogen and oxygen atoms in total. The molecule has 3 aliphatic rings. The molecule has 1 aromatic carbocycles. The Hall–Kier alpha value is -2.75. The number of alkyl halides is 3. The van der Waals surface area contributed by atoms with Gasteiger partial charge >= 0.3 is 6.18 Å². The van der Waals surface area contributed by atoms with Crippen LogP contribution in [0.2, 0.25) is 0 Å². The Morgan fingerprint density at radius 2 is 1.62 bits per heavy atom. The number of nitrogens with zero attached hydrogens (tertiary/aromatic N) is 4. The summed E-state index contributed by atoms with van der Waals surface area (Å²) in [5.41, 5.74) is -1.40. The summed E-state index contributed by atoms with van der Waals surface area (Å²) in [6.45, 7) is 5.02. The molecule has 2 amide bonds. The Kier molecular flexibility index (Phi) is 8.83. The number of carbonyl (C=O) groups excluding carboxylic acids is 2. The summed E-state index contributed by atoms with van der Waals surface area (Å²) in [6, 6.07) is 4.33. The van der Waals surface area contributed by atoms with Crippen LogP contribution in [0.5, 0.6) is 0 Å². The van der Waals surface area contributed by atoms with E-state index >= 15 is 0 Å². The van der Waals surface area contributed by atoms with E-state index in [0.29, 0.717) is 37.6 Å². The molecule has 0 radical (unpaired) electrons. The Balaban J connectivity index is 1.19. The van der Waals surface area contributed by atoms with Gasteiger partial charge in [-0.15, -0.1) is 0 Å². The van der Waals surface area contributed by atoms with E-state index in [1.807, 2.05) is 0 Å². The lowest BCUT2D eigenvalue weighted by molar-refractivity contribution is -0.138. The number of hydrogen-bond acceptors (Lipinski definition) is 6. The summed E-state index contributed by atoms with van der Waals surface area (Å²) in [7, 11) is -3.10. The third-order valence-electron chi connectivity index (χ3n) is 7.66. The maximum absolute atomic E-state index is 13.4. The predicted molar refractivity (Wildman–Crippen MR) is 139 cm³/mol. The fourth-order valence-electron chi connectivity index (χ4n) is 5.17. The van der Waals surface area contributed by atoms with E-state index in [-0.39, 0.29) is 16.5 Å². The van der Waals surface area contributed by atoms with Gasteiger partial charge in [-0.1, -0.05) is 19.3 Å². The van der Waals surface area contributed by atoms with Crippen molar-refractivity contribution in [3.05, 3.63) is 40.5 Å². The average Bonchev–Trinajstić information content (AvgIpc) is 3.73. The van der Waals surface area contributed by atoms with Crippen LogP contribution in [0.1, 0.15) is 69.4 Å². The van der Waals surface area contributed by atoms with Crippen LogP contribution in [0.4, 0.5) is 18.9 Å².